The second kappa shape index (κ2) is 85.1. The topological polar surface area (TPSA) is 168 Å². The maximum atomic E-state index is 7.93. The number of allylic oxidation sites excluding steroid dienone is 1. The molecule has 0 rings (SSSR count). The maximum Gasteiger partial charge on any atom is 0.248 e. The van der Waals surface area contributed by atoms with E-state index in [1.54, 1.807) is 30.4 Å². The number of aliphatic hydroxyl groups excluding tert-OH is 3. The average Bonchev–Trinajstić information content (AvgIpc) is 3.15. The van der Waals surface area contributed by atoms with Crippen LogP contribution in [0, 0.1) is 0 Å². The normalized spacial score (nSPS) is 9.43. The predicted molar refractivity (Wildman–Crippen MR) is 286 cm³/mol. The van der Waals surface area contributed by atoms with Gasteiger partial charge in [-0.15, -0.1) is 111 Å². The predicted octanol–water partition coefficient (Wildman–Crippen LogP) is 11.6. The van der Waals surface area contributed by atoms with Crippen molar-refractivity contribution in [3.63, 3.8) is 0 Å². The van der Waals surface area contributed by atoms with Gasteiger partial charge in [0.1, 0.15) is 20.4 Å². The molecule has 0 aliphatic rings. The van der Waals surface area contributed by atoms with E-state index in [9.17, 15) is 0 Å². The van der Waals surface area contributed by atoms with Gasteiger partial charge in [0, 0.05) is 45.5 Å². The summed E-state index contributed by atoms with van der Waals surface area (Å²) in [7, 11) is -1.19. The van der Waals surface area contributed by atoms with E-state index in [4.69, 9.17) is 140 Å². The van der Waals surface area contributed by atoms with Crippen molar-refractivity contribution >= 4 is 128 Å². The summed E-state index contributed by atoms with van der Waals surface area (Å²) in [6.45, 7) is 34.7. The quantitative estimate of drug-likeness (QED) is 0.0193. The third-order valence-corrected chi connectivity index (χ3v) is 8.81. The molecule has 0 aliphatic carbocycles. The molecule has 24 heteroatoms. The molecule has 0 aromatic rings. The van der Waals surface area contributed by atoms with Gasteiger partial charge in [-0.2, -0.15) is 22.2 Å². The van der Waals surface area contributed by atoms with Gasteiger partial charge in [-0.25, -0.2) is 0 Å². The third-order valence-electron chi connectivity index (χ3n) is 3.86. The van der Waals surface area contributed by atoms with Crippen molar-refractivity contribution < 1.29 is 54.3 Å². The summed E-state index contributed by atoms with van der Waals surface area (Å²) in [5.41, 5.74) is 0. The minimum atomic E-state index is -1.84. The Hall–Kier alpha value is 1.74. The van der Waals surface area contributed by atoms with Gasteiger partial charge < -0.3 is 54.3 Å². The third kappa shape index (κ3) is 267. The Kier molecular flexibility index (Phi) is 125. The molecule has 0 spiro atoms. The van der Waals surface area contributed by atoms with Gasteiger partial charge >= 0.3 is 0 Å². The van der Waals surface area contributed by atoms with Crippen LogP contribution < -0.4 is 0 Å². The molecule has 0 radical (unpaired) electrons. The zero-order chi connectivity index (χ0) is 49.6. The number of hydrogen-bond donors (Lipinski definition) is 4. The fraction of sp³-hybridized carbons (Fsp3) is 0.730. The van der Waals surface area contributed by atoms with Crippen LogP contribution in [0.4, 0.5) is 0 Å². The first-order valence-electron chi connectivity index (χ1n) is 18.8. The fourth-order valence-electron chi connectivity index (χ4n) is 1.93. The summed E-state index contributed by atoms with van der Waals surface area (Å²) in [4.78, 5) is 0. The van der Waals surface area contributed by atoms with Gasteiger partial charge in [0.2, 0.25) is 27.5 Å². The molecule has 378 valence electrons. The van der Waals surface area contributed by atoms with Crippen LogP contribution in [0.25, 0.3) is 0 Å². The van der Waals surface area contributed by atoms with Crippen LogP contribution in [0.1, 0.15) is 40.5 Å². The van der Waals surface area contributed by atoms with Crippen molar-refractivity contribution in [2.45, 2.75) is 85.4 Å². The van der Waals surface area contributed by atoms with E-state index < -0.39 is 34.3 Å². The maximum absolute atomic E-state index is 7.93. The minimum absolute atomic E-state index is 0. The Labute approximate surface area is 419 Å². The molecule has 0 aromatic carbocycles. The van der Waals surface area contributed by atoms with Crippen LogP contribution >= 0.6 is 100 Å². The summed E-state index contributed by atoms with van der Waals surface area (Å²) >= 11 is 49.7. The molecular formula is C37H85Cl9O11Si4. The molecule has 0 saturated carbocycles. The highest BCUT2D eigenvalue weighted by Crippen LogP contribution is 2.21. The van der Waals surface area contributed by atoms with E-state index in [0.717, 1.165) is 64.6 Å². The lowest BCUT2D eigenvalue weighted by Crippen LogP contribution is -2.13. The molecule has 0 unspecified atom stereocenters. The first-order valence-corrected chi connectivity index (χ1v) is 38.4. The highest BCUT2D eigenvalue weighted by molar-refractivity contribution is 7.45. The van der Waals surface area contributed by atoms with Crippen molar-refractivity contribution in [2.24, 2.45) is 0 Å². The van der Waals surface area contributed by atoms with Gasteiger partial charge in [0.05, 0.1) is 26.4 Å². The van der Waals surface area contributed by atoms with Gasteiger partial charge in [-0.1, -0.05) is 30.4 Å². The lowest BCUT2D eigenvalue weighted by molar-refractivity contribution is 0.0129. The monoisotopic (exact) mass is 1130 g/mol. The zero-order valence-corrected chi connectivity index (χ0v) is 49.3. The van der Waals surface area contributed by atoms with Crippen LogP contribution in [-0.2, 0) is 28.4 Å². The van der Waals surface area contributed by atoms with E-state index in [-0.39, 0.29) is 19.1 Å². The summed E-state index contributed by atoms with van der Waals surface area (Å²) in [6, 6.07) is 1.85. The number of alkyl halides is 1. The first kappa shape index (κ1) is 89.3. The largest absolute Gasteiger partial charge is 0.412 e. The summed E-state index contributed by atoms with van der Waals surface area (Å²) in [6.07, 6.45) is 10.3. The van der Waals surface area contributed by atoms with Crippen molar-refractivity contribution in [3.8, 4) is 0 Å². The molecule has 61 heavy (non-hydrogen) atoms. The Balaban J connectivity index is -0.0000000515. The fourth-order valence-corrected chi connectivity index (χ4v) is 5.07. The number of hydrogen-bond acceptors (Lipinski definition) is 10. The molecule has 0 atom stereocenters. The molecule has 6 N–H and O–H groups in total. The molecule has 0 bridgehead atoms. The second-order valence-electron chi connectivity index (χ2n) is 10.6. The first-order chi connectivity index (χ1) is 27.8. The Morgan fingerprint density at radius 3 is 0.803 bits per heavy atom. The molecular weight excluding hydrogens is 1050 g/mol. The molecule has 0 heterocycles. The van der Waals surface area contributed by atoms with Crippen molar-refractivity contribution in [1.82, 2.24) is 0 Å². The highest BCUT2D eigenvalue weighted by Gasteiger charge is 2.20. The summed E-state index contributed by atoms with van der Waals surface area (Å²) in [5, 5.41) is 30.1. The highest BCUT2D eigenvalue weighted by atomic mass is 35.7. The zero-order valence-electron chi connectivity index (χ0n) is 38.4. The van der Waals surface area contributed by atoms with Crippen LogP contribution in [0.5, 0.6) is 0 Å². The number of aliphatic hydroxyl groups is 4. The Morgan fingerprint density at radius 2 is 0.705 bits per heavy atom. The van der Waals surface area contributed by atoms with Crippen LogP contribution in [-0.4, -0.2) is 146 Å². The number of ether oxygens (including phenoxy) is 6. The van der Waals surface area contributed by atoms with E-state index in [0.29, 0.717) is 32.3 Å². The van der Waals surface area contributed by atoms with E-state index in [2.05, 4.69) is 42.4 Å². The van der Waals surface area contributed by atoms with Gasteiger partial charge in [-0.3, -0.25) is 0 Å². The van der Waals surface area contributed by atoms with Crippen molar-refractivity contribution in [2.75, 3.05) is 92.3 Å². The molecule has 0 aliphatic heterocycles. The molecule has 0 saturated heterocycles. The average molecular weight is 1140 g/mol. The smallest absolute Gasteiger partial charge is 0.248 e. The second-order valence-corrected chi connectivity index (χ2v) is 41.9. The SMILES string of the molecule is C=CCCl.C=CCOCC.C=CCOCC.C=CCOCO.C=CCOCO.CCOCCC[Si](C)(Cl)Cl.CCOCCC[Si](C)(Cl)Cl.C[SiH](Cl)Cl.C[Si](C)(Cl)Cl.O.OCO. The van der Waals surface area contributed by atoms with Crippen molar-refractivity contribution in [1.29, 1.82) is 0 Å². The van der Waals surface area contributed by atoms with Crippen LogP contribution in [0.15, 0.2) is 63.3 Å². The van der Waals surface area contributed by atoms with E-state index >= 15 is 0 Å². The Morgan fingerprint density at radius 1 is 0.508 bits per heavy atom. The molecule has 0 fully saturated rings. The lowest BCUT2D eigenvalue weighted by atomic mass is 10.5. The summed E-state index contributed by atoms with van der Waals surface area (Å²) < 4.78 is 28.8. The van der Waals surface area contributed by atoms with Gasteiger partial charge in [0.15, 0.2) is 0 Å². The standard InChI is InChI=1S/2C6H14Cl2OSi.2C5H10O.2C4H8O2.C3H5Cl.C2H6Cl2Si.CH4Cl2Si.CH4O2.H2O/c2*1-3-9-5-4-6-10(2,7)8;2*1-3-5-6-4-2;2*1-2-3-6-4-5;1-2-3-4;1-5(2,3)4;1-4(2)3;2-1-3;/h2*3-6H2,1-2H3;2*3H,1,4-5H2,2H3;2*2,5H,1,3-4H2;2H,1,3H2;1-2H3;4H,1H3;2-3H,1H2;1H2. The minimum Gasteiger partial charge on any atom is -0.412 e. The number of rotatable bonds is 23. The van der Waals surface area contributed by atoms with Crippen LogP contribution in [0.2, 0.25) is 44.8 Å². The molecule has 0 aromatic heterocycles. The van der Waals surface area contributed by atoms with E-state index in [1.807, 2.05) is 60.4 Å². The summed E-state index contributed by atoms with van der Waals surface area (Å²) in [5.74, 6) is 0.556. The number of halogens is 9. The Bertz CT molecular complexity index is 684. The van der Waals surface area contributed by atoms with Crippen LogP contribution in [0.3, 0.4) is 0 Å². The van der Waals surface area contributed by atoms with Crippen molar-refractivity contribution in [3.05, 3.63) is 63.3 Å². The van der Waals surface area contributed by atoms with Gasteiger partial charge in [0.25, 0.3) is 0 Å². The van der Waals surface area contributed by atoms with E-state index in [1.165, 1.54) is 0 Å². The molecule has 0 amide bonds. The lowest BCUT2D eigenvalue weighted by Gasteiger charge is -2.08. The molecule has 11 nitrogen and oxygen atoms in total. The van der Waals surface area contributed by atoms with Gasteiger partial charge in [-0.05, 0) is 85.4 Å².